The van der Waals surface area contributed by atoms with Crippen LogP contribution in [0.2, 0.25) is 10.0 Å². The lowest BCUT2D eigenvalue weighted by molar-refractivity contribution is 0.102. The highest BCUT2D eigenvalue weighted by molar-refractivity contribution is 9.10. The van der Waals surface area contributed by atoms with E-state index in [2.05, 4.69) is 26.2 Å². The Morgan fingerprint density at radius 2 is 2.00 bits per heavy atom. The Bertz CT molecular complexity index is 850. The molecule has 0 fully saturated rings. The molecule has 3 nitrogen and oxygen atoms in total. The summed E-state index contributed by atoms with van der Waals surface area (Å²) in [6.07, 6.45) is 0. The van der Waals surface area contributed by atoms with Crippen molar-refractivity contribution in [1.82, 2.24) is 4.98 Å². The normalized spacial score (nSPS) is 10.8. The number of thiazole rings is 1. The molecule has 1 heterocycles. The number of carbonyl (C=O) groups excluding carboxylic acids is 1. The van der Waals surface area contributed by atoms with Gasteiger partial charge < -0.3 is 5.32 Å². The molecule has 0 radical (unpaired) electrons. The van der Waals surface area contributed by atoms with Gasteiger partial charge in [0.25, 0.3) is 5.91 Å². The number of anilines is 1. The molecule has 0 saturated carbocycles. The Morgan fingerprint density at radius 1 is 1.19 bits per heavy atom. The lowest BCUT2D eigenvalue weighted by Crippen LogP contribution is -2.12. The number of aromatic nitrogens is 1. The van der Waals surface area contributed by atoms with Crippen molar-refractivity contribution in [3.8, 4) is 0 Å². The monoisotopic (exact) mass is 400 g/mol. The summed E-state index contributed by atoms with van der Waals surface area (Å²) >= 11 is 17.0. The molecule has 106 valence electrons. The molecule has 7 heteroatoms. The van der Waals surface area contributed by atoms with Gasteiger partial charge in [-0.25, -0.2) is 4.98 Å². The topological polar surface area (TPSA) is 42.0 Å². The van der Waals surface area contributed by atoms with Gasteiger partial charge in [-0.05, 0) is 46.3 Å². The van der Waals surface area contributed by atoms with Gasteiger partial charge >= 0.3 is 0 Å². The second-order valence-corrected chi connectivity index (χ2v) is 6.76. The van der Waals surface area contributed by atoms with Crippen LogP contribution in [0.25, 0.3) is 10.2 Å². The van der Waals surface area contributed by atoms with Crippen LogP contribution in [-0.2, 0) is 0 Å². The van der Waals surface area contributed by atoms with Crippen LogP contribution in [0.3, 0.4) is 0 Å². The Kier molecular flexibility index (Phi) is 4.17. The lowest BCUT2D eigenvalue weighted by atomic mass is 10.2. The predicted molar refractivity (Wildman–Crippen MR) is 91.7 cm³/mol. The van der Waals surface area contributed by atoms with E-state index in [-0.39, 0.29) is 5.91 Å². The minimum absolute atomic E-state index is 0.285. The molecule has 0 saturated heterocycles. The summed E-state index contributed by atoms with van der Waals surface area (Å²) in [5.41, 5.74) is 3.36. The molecule has 0 unspecified atom stereocenters. The van der Waals surface area contributed by atoms with Gasteiger partial charge in [-0.3, -0.25) is 4.79 Å². The first kappa shape index (κ1) is 14.8. The van der Waals surface area contributed by atoms with Crippen LogP contribution < -0.4 is 5.32 Å². The van der Waals surface area contributed by atoms with E-state index >= 15 is 0 Å². The molecule has 0 aliphatic carbocycles. The second kappa shape index (κ2) is 5.93. The number of nitrogens with zero attached hydrogens (tertiary/aromatic N) is 1. The molecule has 3 rings (SSSR count). The maximum absolute atomic E-state index is 12.3. The van der Waals surface area contributed by atoms with Crippen LogP contribution in [0.4, 0.5) is 5.69 Å². The van der Waals surface area contributed by atoms with Crippen LogP contribution in [-0.4, -0.2) is 10.9 Å². The molecule has 0 aliphatic rings. The van der Waals surface area contributed by atoms with Crippen molar-refractivity contribution in [2.45, 2.75) is 0 Å². The smallest absolute Gasteiger partial charge is 0.255 e. The molecule has 0 atom stereocenters. The summed E-state index contributed by atoms with van der Waals surface area (Å²) in [4.78, 5) is 16.6. The fourth-order valence-corrected chi connectivity index (χ4v) is 3.16. The van der Waals surface area contributed by atoms with Gasteiger partial charge in [-0.15, -0.1) is 11.3 Å². The van der Waals surface area contributed by atoms with Gasteiger partial charge in [0.05, 0.1) is 25.9 Å². The van der Waals surface area contributed by atoms with Crippen molar-refractivity contribution >= 4 is 72.3 Å². The number of nitrogens with one attached hydrogen (secondary N) is 1. The second-order valence-electron chi connectivity index (χ2n) is 4.20. The van der Waals surface area contributed by atoms with Crippen LogP contribution >= 0.6 is 50.5 Å². The summed E-state index contributed by atoms with van der Waals surface area (Å²) in [5.74, 6) is -0.285. The van der Waals surface area contributed by atoms with Crippen molar-refractivity contribution < 1.29 is 4.79 Å². The highest BCUT2D eigenvalue weighted by atomic mass is 79.9. The molecule has 21 heavy (non-hydrogen) atoms. The molecule has 3 aromatic rings. The van der Waals surface area contributed by atoms with Crippen molar-refractivity contribution in [3.63, 3.8) is 0 Å². The van der Waals surface area contributed by atoms with Crippen molar-refractivity contribution in [2.75, 3.05) is 5.32 Å². The quantitative estimate of drug-likeness (QED) is 0.605. The minimum atomic E-state index is -0.285. The van der Waals surface area contributed by atoms with E-state index in [0.29, 0.717) is 26.8 Å². The van der Waals surface area contributed by atoms with Gasteiger partial charge in [0.1, 0.15) is 5.52 Å². The molecular formula is C14H7BrCl2N2OS. The molecule has 0 spiro atoms. The van der Waals surface area contributed by atoms with E-state index in [0.717, 1.165) is 9.17 Å². The number of benzene rings is 2. The maximum atomic E-state index is 12.3. The van der Waals surface area contributed by atoms with Crippen LogP contribution in [0, 0.1) is 0 Å². The molecular weight excluding hydrogens is 395 g/mol. The van der Waals surface area contributed by atoms with E-state index in [1.165, 1.54) is 11.3 Å². The SMILES string of the molecule is O=C(Nc1c(Cl)ccc2scnc12)c1ccc(Br)c(Cl)c1. The van der Waals surface area contributed by atoms with E-state index in [1.807, 2.05) is 6.07 Å². The Labute approximate surface area is 143 Å². The molecule has 1 N–H and O–H groups in total. The van der Waals surface area contributed by atoms with Gasteiger partial charge in [0.2, 0.25) is 0 Å². The van der Waals surface area contributed by atoms with Crippen LogP contribution in [0.15, 0.2) is 40.3 Å². The fourth-order valence-electron chi connectivity index (χ4n) is 1.85. The molecule has 0 bridgehead atoms. The van der Waals surface area contributed by atoms with Gasteiger partial charge in [0.15, 0.2) is 0 Å². The number of rotatable bonds is 2. The third-order valence-electron chi connectivity index (χ3n) is 2.87. The van der Waals surface area contributed by atoms with Gasteiger partial charge in [-0.2, -0.15) is 0 Å². The summed E-state index contributed by atoms with van der Waals surface area (Å²) in [6.45, 7) is 0. The van der Waals surface area contributed by atoms with Gasteiger partial charge in [-0.1, -0.05) is 23.2 Å². The number of halogens is 3. The number of carbonyl (C=O) groups is 1. The first-order valence-electron chi connectivity index (χ1n) is 5.84. The standard InChI is InChI=1S/C14H7BrCl2N2OS/c15-8-2-1-7(5-10(8)17)14(20)19-12-9(16)3-4-11-13(12)18-6-21-11/h1-6H,(H,19,20). The van der Waals surface area contributed by atoms with Crippen molar-refractivity contribution in [2.24, 2.45) is 0 Å². The van der Waals surface area contributed by atoms with E-state index in [1.54, 1.807) is 29.8 Å². The minimum Gasteiger partial charge on any atom is -0.319 e. The van der Waals surface area contributed by atoms with Crippen LogP contribution in [0.5, 0.6) is 0 Å². The lowest BCUT2D eigenvalue weighted by Gasteiger charge is -2.08. The highest BCUT2D eigenvalue weighted by Crippen LogP contribution is 2.33. The average molecular weight is 402 g/mol. The maximum Gasteiger partial charge on any atom is 0.255 e. The summed E-state index contributed by atoms with van der Waals surface area (Å²) in [6, 6.07) is 8.62. The molecule has 1 aromatic heterocycles. The third kappa shape index (κ3) is 2.92. The zero-order valence-corrected chi connectivity index (χ0v) is 14.3. The van der Waals surface area contributed by atoms with Crippen LogP contribution in [0.1, 0.15) is 10.4 Å². The summed E-state index contributed by atoms with van der Waals surface area (Å²) in [7, 11) is 0. The summed E-state index contributed by atoms with van der Waals surface area (Å²) < 4.78 is 1.70. The molecule has 1 amide bonds. The Morgan fingerprint density at radius 3 is 2.76 bits per heavy atom. The van der Waals surface area contributed by atoms with Gasteiger partial charge in [0, 0.05) is 10.0 Å². The van der Waals surface area contributed by atoms with E-state index < -0.39 is 0 Å². The summed E-state index contributed by atoms with van der Waals surface area (Å²) in [5, 5.41) is 3.72. The first-order chi connectivity index (χ1) is 10.1. The first-order valence-corrected chi connectivity index (χ1v) is 8.27. The Balaban J connectivity index is 1.98. The van der Waals surface area contributed by atoms with E-state index in [4.69, 9.17) is 23.2 Å². The van der Waals surface area contributed by atoms with Crippen molar-refractivity contribution in [1.29, 1.82) is 0 Å². The van der Waals surface area contributed by atoms with Crippen molar-refractivity contribution in [3.05, 3.63) is 55.9 Å². The highest BCUT2D eigenvalue weighted by Gasteiger charge is 2.14. The molecule has 0 aliphatic heterocycles. The largest absolute Gasteiger partial charge is 0.319 e. The van der Waals surface area contributed by atoms with E-state index in [9.17, 15) is 4.79 Å². The molecule has 2 aromatic carbocycles. The predicted octanol–water partition coefficient (Wildman–Crippen LogP) is 5.62. The number of hydrogen-bond acceptors (Lipinski definition) is 3. The zero-order chi connectivity index (χ0) is 15.0. The average Bonchev–Trinajstić information content (AvgIpc) is 2.93. The number of fused-ring (bicyclic) bond motifs is 1. The number of hydrogen-bond donors (Lipinski definition) is 1. The third-order valence-corrected chi connectivity index (χ3v) is 5.21. The number of amides is 1. The Hall–Kier alpha value is -1.14. The fraction of sp³-hybridized carbons (Fsp3) is 0. The zero-order valence-electron chi connectivity index (χ0n) is 10.4.